The van der Waals surface area contributed by atoms with E-state index >= 15 is 0 Å². The first kappa shape index (κ1) is 24.7. The van der Waals surface area contributed by atoms with Gasteiger partial charge in [0.2, 0.25) is 5.91 Å². The van der Waals surface area contributed by atoms with E-state index in [1.807, 2.05) is 0 Å². The second kappa shape index (κ2) is 10.5. The summed E-state index contributed by atoms with van der Waals surface area (Å²) in [4.78, 5) is 15.2. The van der Waals surface area contributed by atoms with E-state index in [2.05, 4.69) is 15.3 Å². The summed E-state index contributed by atoms with van der Waals surface area (Å²) < 4.78 is 51.9. The van der Waals surface area contributed by atoms with E-state index in [1.54, 1.807) is 19.9 Å². The van der Waals surface area contributed by atoms with Gasteiger partial charge in [-0.25, -0.2) is 4.68 Å². The predicted molar refractivity (Wildman–Crippen MR) is 120 cm³/mol. The van der Waals surface area contributed by atoms with Crippen LogP contribution in [0.25, 0.3) is 5.69 Å². The van der Waals surface area contributed by atoms with E-state index in [4.69, 9.17) is 9.47 Å². The molecule has 186 valence electrons. The van der Waals surface area contributed by atoms with Gasteiger partial charge in [0, 0.05) is 49.5 Å². The van der Waals surface area contributed by atoms with Gasteiger partial charge in [-0.15, -0.1) is 0 Å². The van der Waals surface area contributed by atoms with Gasteiger partial charge in [0.25, 0.3) is 0 Å². The second-order valence-electron chi connectivity index (χ2n) is 8.93. The fourth-order valence-electron chi connectivity index (χ4n) is 4.80. The first-order valence-electron chi connectivity index (χ1n) is 11.6. The number of carbonyl (C=O) groups excluding carboxylic acids is 1. The monoisotopic (exact) mass is 480 g/mol. The number of hydrogen-bond acceptors (Lipinski definition) is 5. The minimum Gasteiger partial charge on any atom is -0.381 e. The van der Waals surface area contributed by atoms with Crippen LogP contribution in [0.3, 0.4) is 0 Å². The van der Waals surface area contributed by atoms with Crippen molar-refractivity contribution in [1.82, 2.24) is 20.0 Å². The number of aryl methyl sites for hydroxylation is 1. The van der Waals surface area contributed by atoms with Crippen molar-refractivity contribution in [2.75, 3.05) is 46.1 Å². The predicted octanol–water partition coefficient (Wildman–Crippen LogP) is 2.90. The van der Waals surface area contributed by atoms with Crippen LogP contribution < -0.4 is 5.32 Å². The lowest BCUT2D eigenvalue weighted by atomic mass is 9.96. The maximum absolute atomic E-state index is 13.1. The average Bonchev–Trinajstić information content (AvgIpc) is 3.44. The summed E-state index contributed by atoms with van der Waals surface area (Å²) in [6.45, 7) is 8.54. The van der Waals surface area contributed by atoms with Gasteiger partial charge in [-0.1, -0.05) is 6.07 Å². The Balaban J connectivity index is 1.44. The standard InChI is InChI=1S/C24H31F3N4O3/c1-16-21(17(2)31(29-16)20-5-3-4-19(12-20)24(25,26)27)13-23(32)28-14-22(18-6-9-34-15-18)30-7-10-33-11-8-30/h3-5,12,18,22H,6-11,13-15H2,1-2H3,(H,28,32). The van der Waals surface area contributed by atoms with Crippen LogP contribution in [0.1, 0.15) is 28.9 Å². The smallest absolute Gasteiger partial charge is 0.381 e. The van der Waals surface area contributed by atoms with E-state index in [1.165, 1.54) is 10.7 Å². The Bertz CT molecular complexity index is 996. The fraction of sp³-hybridized carbons (Fsp3) is 0.583. The minimum absolute atomic E-state index is 0.119. The molecule has 2 aliphatic heterocycles. The third kappa shape index (κ3) is 5.61. The molecule has 2 fully saturated rings. The van der Waals surface area contributed by atoms with Crippen molar-refractivity contribution >= 4 is 5.91 Å². The Labute approximate surface area is 197 Å². The normalized spacial score (nSPS) is 20.4. The first-order valence-corrected chi connectivity index (χ1v) is 11.6. The summed E-state index contributed by atoms with van der Waals surface area (Å²) >= 11 is 0. The zero-order valence-corrected chi connectivity index (χ0v) is 19.5. The van der Waals surface area contributed by atoms with Gasteiger partial charge in [-0.05, 0) is 38.5 Å². The molecule has 0 saturated carbocycles. The van der Waals surface area contributed by atoms with E-state index in [-0.39, 0.29) is 18.4 Å². The number of aromatic nitrogens is 2. The molecule has 0 spiro atoms. The van der Waals surface area contributed by atoms with Gasteiger partial charge in [-0.2, -0.15) is 18.3 Å². The molecule has 2 unspecified atom stereocenters. The molecule has 0 aliphatic carbocycles. The number of nitrogens with zero attached hydrogens (tertiary/aromatic N) is 3. The van der Waals surface area contributed by atoms with Gasteiger partial charge in [0.1, 0.15) is 0 Å². The van der Waals surface area contributed by atoms with Crippen LogP contribution >= 0.6 is 0 Å². The van der Waals surface area contributed by atoms with Gasteiger partial charge >= 0.3 is 6.18 Å². The molecule has 7 nitrogen and oxygen atoms in total. The van der Waals surface area contributed by atoms with Gasteiger partial charge in [-0.3, -0.25) is 9.69 Å². The van der Waals surface area contributed by atoms with Gasteiger partial charge in [0.15, 0.2) is 0 Å². The van der Waals surface area contributed by atoms with Crippen LogP contribution in [0.4, 0.5) is 13.2 Å². The third-order valence-corrected chi connectivity index (χ3v) is 6.73. The number of rotatable bonds is 7. The van der Waals surface area contributed by atoms with Crippen LogP contribution in [0, 0.1) is 19.8 Å². The number of halogens is 3. The summed E-state index contributed by atoms with van der Waals surface area (Å²) in [6, 6.07) is 5.23. The SMILES string of the molecule is Cc1nn(-c2cccc(C(F)(F)F)c2)c(C)c1CC(=O)NCC(C1CCOC1)N1CCOCC1. The molecule has 2 aliphatic rings. The summed E-state index contributed by atoms with van der Waals surface area (Å²) in [5.74, 6) is 0.234. The Hall–Kier alpha value is -2.43. The van der Waals surface area contributed by atoms with Crippen LogP contribution in [-0.2, 0) is 26.9 Å². The number of nitrogens with one attached hydrogen (secondary N) is 1. The van der Waals surface area contributed by atoms with Crippen molar-refractivity contribution in [2.45, 2.75) is 38.9 Å². The highest BCUT2D eigenvalue weighted by Crippen LogP contribution is 2.31. The number of benzene rings is 1. The fourth-order valence-corrected chi connectivity index (χ4v) is 4.80. The van der Waals surface area contributed by atoms with Gasteiger partial charge in [0.05, 0.1) is 43.2 Å². The molecule has 2 atom stereocenters. The van der Waals surface area contributed by atoms with Crippen molar-refractivity contribution < 1.29 is 27.4 Å². The molecule has 3 heterocycles. The van der Waals surface area contributed by atoms with Crippen LogP contribution in [0.2, 0.25) is 0 Å². The highest BCUT2D eigenvalue weighted by atomic mass is 19.4. The van der Waals surface area contributed by atoms with Crippen molar-refractivity contribution in [3.05, 3.63) is 46.8 Å². The molecule has 10 heteroatoms. The Morgan fingerprint density at radius 3 is 2.65 bits per heavy atom. The Kier molecular flexibility index (Phi) is 7.59. The number of amides is 1. The summed E-state index contributed by atoms with van der Waals surface area (Å²) in [5.41, 5.74) is 1.58. The summed E-state index contributed by atoms with van der Waals surface area (Å²) in [6.07, 6.45) is -3.34. The number of alkyl halides is 3. The second-order valence-corrected chi connectivity index (χ2v) is 8.93. The van der Waals surface area contributed by atoms with E-state index in [9.17, 15) is 18.0 Å². The van der Waals surface area contributed by atoms with Crippen LogP contribution in [0.15, 0.2) is 24.3 Å². The largest absolute Gasteiger partial charge is 0.416 e. The van der Waals surface area contributed by atoms with Crippen molar-refractivity contribution in [2.24, 2.45) is 5.92 Å². The minimum atomic E-state index is -4.43. The molecule has 1 amide bonds. The lowest BCUT2D eigenvalue weighted by Gasteiger charge is -2.37. The molecule has 2 saturated heterocycles. The molecule has 1 N–H and O–H groups in total. The molecule has 34 heavy (non-hydrogen) atoms. The molecular formula is C24H31F3N4O3. The first-order chi connectivity index (χ1) is 16.2. The zero-order chi connectivity index (χ0) is 24.3. The lowest BCUT2D eigenvalue weighted by Crippen LogP contribution is -2.52. The van der Waals surface area contributed by atoms with E-state index in [0.29, 0.717) is 49.4 Å². The lowest BCUT2D eigenvalue weighted by molar-refractivity contribution is -0.137. The van der Waals surface area contributed by atoms with Crippen molar-refractivity contribution in [3.63, 3.8) is 0 Å². The van der Waals surface area contributed by atoms with Gasteiger partial charge < -0.3 is 14.8 Å². The highest BCUT2D eigenvalue weighted by molar-refractivity contribution is 5.79. The topological polar surface area (TPSA) is 68.6 Å². The molecule has 1 aromatic heterocycles. The van der Waals surface area contributed by atoms with E-state index in [0.717, 1.165) is 43.8 Å². The van der Waals surface area contributed by atoms with Crippen molar-refractivity contribution in [1.29, 1.82) is 0 Å². The average molecular weight is 481 g/mol. The number of ether oxygens (including phenoxy) is 2. The molecule has 1 aromatic carbocycles. The van der Waals surface area contributed by atoms with Crippen LogP contribution in [-0.4, -0.2) is 72.7 Å². The number of morpholine rings is 1. The van der Waals surface area contributed by atoms with Crippen molar-refractivity contribution in [3.8, 4) is 5.69 Å². The molecule has 0 bridgehead atoms. The number of carbonyl (C=O) groups is 1. The Morgan fingerprint density at radius 2 is 1.97 bits per heavy atom. The summed E-state index contributed by atoms with van der Waals surface area (Å²) in [7, 11) is 0. The highest BCUT2D eigenvalue weighted by Gasteiger charge is 2.32. The van der Waals surface area contributed by atoms with Crippen LogP contribution in [0.5, 0.6) is 0 Å². The molecule has 4 rings (SSSR count). The van der Waals surface area contributed by atoms with E-state index < -0.39 is 11.7 Å². The quantitative estimate of drug-likeness (QED) is 0.660. The summed E-state index contributed by atoms with van der Waals surface area (Å²) in [5, 5.41) is 7.49. The zero-order valence-electron chi connectivity index (χ0n) is 19.5. The third-order valence-electron chi connectivity index (χ3n) is 6.73. The molecular weight excluding hydrogens is 449 g/mol. The molecule has 2 aromatic rings. The maximum atomic E-state index is 13.1. The molecule has 0 radical (unpaired) electrons. The maximum Gasteiger partial charge on any atom is 0.416 e. The number of hydrogen-bond donors (Lipinski definition) is 1. The Morgan fingerprint density at radius 1 is 1.21 bits per heavy atom.